The molecule has 0 bridgehead atoms. The third-order valence-corrected chi connectivity index (χ3v) is 10.5. The average molecular weight is 571 g/mol. The molecular formula is C28H34N4O5S2. The first-order valence-corrected chi connectivity index (χ1v) is 15.7. The van der Waals surface area contributed by atoms with Crippen LogP contribution in [0.15, 0.2) is 47.6 Å². The Bertz CT molecular complexity index is 1410. The maximum Gasteiger partial charge on any atom is 0.407 e. The van der Waals surface area contributed by atoms with Gasteiger partial charge in [-0.25, -0.2) is 23.2 Å². The summed E-state index contributed by atoms with van der Waals surface area (Å²) in [4.78, 5) is 22.2. The fourth-order valence-electron chi connectivity index (χ4n) is 4.82. The van der Waals surface area contributed by atoms with Gasteiger partial charge in [0.2, 0.25) is 0 Å². The Morgan fingerprint density at radius 1 is 1.03 bits per heavy atom. The minimum atomic E-state index is -3.47. The normalized spacial score (nSPS) is 19.5. The second-order valence-corrected chi connectivity index (χ2v) is 13.6. The highest BCUT2D eigenvalue weighted by Gasteiger charge is 2.39. The minimum absolute atomic E-state index is 0.0995. The van der Waals surface area contributed by atoms with Crippen molar-refractivity contribution in [3.63, 3.8) is 0 Å². The Morgan fingerprint density at radius 3 is 2.44 bits per heavy atom. The molecule has 39 heavy (non-hydrogen) atoms. The van der Waals surface area contributed by atoms with Crippen LogP contribution in [-0.2, 0) is 14.6 Å². The SMILES string of the molecule is COc1ccc(Nc2ccc(-c3cnc([C@H]4CC[C@H](NC(=O)OC(C)C)CC4)s3)c(S(=O)(=O)C3CC3)c2)nc1. The second-order valence-electron chi connectivity index (χ2n) is 10.4. The molecule has 5 rings (SSSR count). The summed E-state index contributed by atoms with van der Waals surface area (Å²) < 4.78 is 37.3. The van der Waals surface area contributed by atoms with Gasteiger partial charge in [0.25, 0.3) is 0 Å². The van der Waals surface area contributed by atoms with Crippen molar-refractivity contribution in [2.75, 3.05) is 12.4 Å². The Balaban J connectivity index is 1.33. The first kappa shape index (κ1) is 27.4. The summed E-state index contributed by atoms with van der Waals surface area (Å²) in [6.07, 6.45) is 7.80. The number of nitrogens with one attached hydrogen (secondary N) is 2. The summed E-state index contributed by atoms with van der Waals surface area (Å²) in [5.41, 5.74) is 1.34. The van der Waals surface area contributed by atoms with Crippen LogP contribution in [0.4, 0.5) is 16.3 Å². The molecule has 11 heteroatoms. The van der Waals surface area contributed by atoms with Crippen molar-refractivity contribution in [3.8, 4) is 16.2 Å². The van der Waals surface area contributed by atoms with Crippen molar-refractivity contribution in [2.24, 2.45) is 0 Å². The van der Waals surface area contributed by atoms with Crippen LogP contribution in [0, 0.1) is 0 Å². The Labute approximate surface area is 233 Å². The topological polar surface area (TPSA) is 120 Å². The number of alkyl carbamates (subject to hydrolysis) is 1. The summed E-state index contributed by atoms with van der Waals surface area (Å²) >= 11 is 1.56. The van der Waals surface area contributed by atoms with E-state index in [-0.39, 0.29) is 29.4 Å². The molecule has 1 amide bonds. The number of aromatic nitrogens is 2. The molecule has 9 nitrogen and oxygen atoms in total. The number of rotatable bonds is 9. The molecule has 0 radical (unpaired) electrons. The molecule has 2 aliphatic rings. The summed E-state index contributed by atoms with van der Waals surface area (Å²) in [6.45, 7) is 3.67. The molecule has 208 valence electrons. The highest BCUT2D eigenvalue weighted by Crippen LogP contribution is 2.43. The van der Waals surface area contributed by atoms with Gasteiger partial charge in [-0.3, -0.25) is 0 Å². The van der Waals surface area contributed by atoms with E-state index >= 15 is 0 Å². The second kappa shape index (κ2) is 11.5. The van der Waals surface area contributed by atoms with Gasteiger partial charge in [0, 0.05) is 29.4 Å². The molecule has 2 heterocycles. The number of thiazole rings is 1. The number of pyridine rings is 1. The van der Waals surface area contributed by atoms with E-state index in [0.717, 1.165) is 35.6 Å². The van der Waals surface area contributed by atoms with Crippen molar-refractivity contribution < 1.29 is 22.7 Å². The van der Waals surface area contributed by atoms with Gasteiger partial charge < -0.3 is 20.1 Å². The molecule has 3 aromatic rings. The van der Waals surface area contributed by atoms with Crippen LogP contribution in [0.25, 0.3) is 10.4 Å². The zero-order chi connectivity index (χ0) is 27.6. The molecule has 1 aromatic carbocycles. The van der Waals surface area contributed by atoms with Gasteiger partial charge in [-0.2, -0.15) is 0 Å². The third-order valence-electron chi connectivity index (χ3n) is 7.03. The molecule has 0 unspecified atom stereocenters. The Morgan fingerprint density at radius 2 is 1.79 bits per heavy atom. The van der Waals surface area contributed by atoms with Crippen molar-refractivity contribution >= 4 is 38.8 Å². The number of methoxy groups -OCH3 is 1. The largest absolute Gasteiger partial charge is 0.495 e. The minimum Gasteiger partial charge on any atom is -0.495 e. The molecule has 2 fully saturated rings. The maximum absolute atomic E-state index is 13.5. The summed E-state index contributed by atoms with van der Waals surface area (Å²) in [5.74, 6) is 1.53. The van der Waals surface area contributed by atoms with E-state index in [1.807, 2.05) is 26.0 Å². The smallest absolute Gasteiger partial charge is 0.407 e. The van der Waals surface area contributed by atoms with Crippen molar-refractivity contribution in [1.29, 1.82) is 0 Å². The number of sulfone groups is 1. The Hall–Kier alpha value is -3.18. The van der Waals surface area contributed by atoms with Crippen LogP contribution in [0.3, 0.4) is 0 Å². The predicted molar refractivity (Wildman–Crippen MR) is 152 cm³/mol. The quantitative estimate of drug-likeness (QED) is 0.319. The van der Waals surface area contributed by atoms with E-state index < -0.39 is 9.84 Å². The van der Waals surface area contributed by atoms with Gasteiger partial charge >= 0.3 is 6.09 Å². The van der Waals surface area contributed by atoms with Crippen LogP contribution < -0.4 is 15.4 Å². The fourth-order valence-corrected chi connectivity index (χ4v) is 7.90. The molecule has 0 atom stereocenters. The average Bonchev–Trinajstić information content (AvgIpc) is 3.67. The van der Waals surface area contributed by atoms with E-state index in [4.69, 9.17) is 14.5 Å². The van der Waals surface area contributed by atoms with Crippen LogP contribution >= 0.6 is 11.3 Å². The Kier molecular flexibility index (Phi) is 8.08. The van der Waals surface area contributed by atoms with Gasteiger partial charge in [0.15, 0.2) is 9.84 Å². The molecule has 2 aliphatic carbocycles. The van der Waals surface area contributed by atoms with E-state index in [1.165, 1.54) is 0 Å². The number of nitrogens with zero attached hydrogens (tertiary/aromatic N) is 2. The number of anilines is 2. The van der Waals surface area contributed by atoms with E-state index in [2.05, 4.69) is 15.6 Å². The molecule has 0 saturated heterocycles. The zero-order valence-electron chi connectivity index (χ0n) is 22.3. The lowest BCUT2D eigenvalue weighted by Gasteiger charge is -2.28. The van der Waals surface area contributed by atoms with Crippen LogP contribution in [0.5, 0.6) is 5.75 Å². The van der Waals surface area contributed by atoms with Crippen LogP contribution in [-0.4, -0.2) is 49.0 Å². The van der Waals surface area contributed by atoms with E-state index in [9.17, 15) is 13.2 Å². The number of benzene rings is 1. The first-order chi connectivity index (χ1) is 18.7. The summed E-state index contributed by atoms with van der Waals surface area (Å²) in [7, 11) is -1.89. The molecule has 2 saturated carbocycles. The predicted octanol–water partition coefficient (Wildman–Crippen LogP) is 6.05. The first-order valence-electron chi connectivity index (χ1n) is 13.3. The fraction of sp³-hybridized carbons (Fsp3) is 0.464. The lowest BCUT2D eigenvalue weighted by molar-refractivity contribution is 0.109. The van der Waals surface area contributed by atoms with Gasteiger partial charge in [0.1, 0.15) is 11.6 Å². The van der Waals surface area contributed by atoms with E-state index in [1.54, 1.807) is 49.0 Å². The zero-order valence-corrected chi connectivity index (χ0v) is 24.0. The van der Waals surface area contributed by atoms with Crippen molar-refractivity contribution in [3.05, 3.63) is 47.7 Å². The standard InChI is InChI=1S/C28H34N4O5S2/c1-17(2)37-28(33)32-19-6-4-18(5-7-19)27-30-16-24(38-27)23-12-8-20(14-25(23)39(34,35)22-10-11-22)31-26-13-9-21(36-3)15-29-26/h8-9,12-19,22H,4-7,10-11H2,1-3H3,(H,29,31)(H,32,33)/t18-,19-. The number of hydrogen-bond acceptors (Lipinski definition) is 9. The number of amides is 1. The van der Waals surface area contributed by atoms with Gasteiger partial charge in [-0.05, 0) is 76.6 Å². The molecule has 2 N–H and O–H groups in total. The van der Waals surface area contributed by atoms with Crippen LogP contribution in [0.1, 0.15) is 63.3 Å². The lowest BCUT2D eigenvalue weighted by Crippen LogP contribution is -2.38. The number of carbonyl (C=O) groups excluding carboxylic acids is 1. The molecule has 2 aromatic heterocycles. The lowest BCUT2D eigenvalue weighted by atomic mass is 9.86. The molecular weight excluding hydrogens is 536 g/mol. The van der Waals surface area contributed by atoms with Crippen molar-refractivity contribution in [2.45, 2.75) is 80.6 Å². The van der Waals surface area contributed by atoms with Gasteiger partial charge in [0.05, 0.1) is 39.4 Å². The highest BCUT2D eigenvalue weighted by molar-refractivity contribution is 7.92. The highest BCUT2D eigenvalue weighted by atomic mass is 32.2. The van der Waals surface area contributed by atoms with E-state index in [0.29, 0.717) is 40.6 Å². The number of hydrogen-bond donors (Lipinski definition) is 2. The van der Waals surface area contributed by atoms with Gasteiger partial charge in [-0.1, -0.05) is 6.07 Å². The maximum atomic E-state index is 13.5. The molecule has 0 aliphatic heterocycles. The third kappa shape index (κ3) is 6.52. The summed E-state index contributed by atoms with van der Waals surface area (Å²) in [6, 6.07) is 9.13. The van der Waals surface area contributed by atoms with Gasteiger partial charge in [-0.15, -0.1) is 11.3 Å². The number of carbonyl (C=O) groups is 1. The molecule has 0 spiro atoms. The van der Waals surface area contributed by atoms with Crippen molar-refractivity contribution in [1.82, 2.24) is 15.3 Å². The monoisotopic (exact) mass is 570 g/mol. The number of ether oxygens (including phenoxy) is 2. The summed E-state index contributed by atoms with van der Waals surface area (Å²) in [5, 5.41) is 6.85. The van der Waals surface area contributed by atoms with Crippen LogP contribution in [0.2, 0.25) is 0 Å².